The van der Waals surface area contributed by atoms with Gasteiger partial charge >= 0.3 is 6.03 Å². The van der Waals surface area contributed by atoms with E-state index in [0.29, 0.717) is 12.6 Å². The molecule has 7 heteroatoms. The molecular formula is C11H23ClN4O2. The third kappa shape index (κ3) is 4.80. The maximum absolute atomic E-state index is 11.8. The van der Waals surface area contributed by atoms with Crippen LogP contribution in [0.1, 0.15) is 20.3 Å². The van der Waals surface area contributed by atoms with Gasteiger partial charge in [-0.15, -0.1) is 12.4 Å². The Morgan fingerprint density at radius 1 is 1.44 bits per heavy atom. The molecule has 1 heterocycles. The Morgan fingerprint density at radius 2 is 2.11 bits per heavy atom. The van der Waals surface area contributed by atoms with Crippen molar-refractivity contribution in [2.24, 2.45) is 0 Å². The van der Waals surface area contributed by atoms with Crippen molar-refractivity contribution in [2.45, 2.75) is 32.4 Å². The number of hydrogen-bond acceptors (Lipinski definition) is 4. The average molecular weight is 279 g/mol. The molecule has 3 N–H and O–H groups in total. The van der Waals surface area contributed by atoms with Gasteiger partial charge in [0.1, 0.15) is 0 Å². The van der Waals surface area contributed by atoms with Gasteiger partial charge in [-0.3, -0.25) is 15.0 Å². The molecule has 106 valence electrons. The molecule has 1 aliphatic heterocycles. The van der Waals surface area contributed by atoms with E-state index in [1.165, 1.54) is 0 Å². The van der Waals surface area contributed by atoms with Crippen LogP contribution in [0, 0.1) is 0 Å². The predicted octanol–water partition coefficient (Wildman–Crippen LogP) is -0.0639. The SMILES string of the molecule is CCNC(=O)NC(=O)C(C)N1CCC(NC)C1.Cl. The molecule has 1 rings (SSSR count). The van der Waals surface area contributed by atoms with Gasteiger partial charge in [-0.2, -0.15) is 0 Å². The molecule has 1 saturated heterocycles. The number of imide groups is 1. The van der Waals surface area contributed by atoms with Crippen LogP contribution >= 0.6 is 12.4 Å². The summed E-state index contributed by atoms with van der Waals surface area (Å²) >= 11 is 0. The van der Waals surface area contributed by atoms with Gasteiger partial charge in [0.15, 0.2) is 0 Å². The van der Waals surface area contributed by atoms with Gasteiger partial charge in [-0.1, -0.05) is 0 Å². The van der Waals surface area contributed by atoms with E-state index in [-0.39, 0.29) is 24.4 Å². The Kier molecular flexibility index (Phi) is 7.90. The highest BCUT2D eigenvalue weighted by Gasteiger charge is 2.29. The standard InChI is InChI=1S/C11H22N4O2.ClH/c1-4-13-11(17)14-10(16)8(2)15-6-5-9(7-15)12-3;/h8-9,12H,4-7H2,1-3H3,(H2,13,14,16,17);1H. The van der Waals surface area contributed by atoms with Crippen LogP contribution in [0.4, 0.5) is 4.79 Å². The summed E-state index contributed by atoms with van der Waals surface area (Å²) < 4.78 is 0. The molecule has 0 bridgehead atoms. The van der Waals surface area contributed by atoms with Crippen molar-refractivity contribution < 1.29 is 9.59 Å². The number of hydrogen-bond donors (Lipinski definition) is 3. The van der Waals surface area contributed by atoms with E-state index >= 15 is 0 Å². The fraction of sp³-hybridized carbons (Fsp3) is 0.818. The highest BCUT2D eigenvalue weighted by atomic mass is 35.5. The quantitative estimate of drug-likeness (QED) is 0.673. The summed E-state index contributed by atoms with van der Waals surface area (Å²) in [6.45, 7) is 5.88. The van der Waals surface area contributed by atoms with Crippen LogP contribution < -0.4 is 16.0 Å². The first kappa shape index (κ1) is 17.2. The lowest BCUT2D eigenvalue weighted by atomic mass is 10.2. The molecule has 3 amide bonds. The minimum Gasteiger partial charge on any atom is -0.338 e. The molecule has 0 radical (unpaired) electrons. The summed E-state index contributed by atoms with van der Waals surface area (Å²) in [5.74, 6) is -0.243. The van der Waals surface area contributed by atoms with Crippen LogP contribution in [0.5, 0.6) is 0 Å². The van der Waals surface area contributed by atoms with Crippen molar-refractivity contribution in [3.8, 4) is 0 Å². The number of likely N-dealkylation sites (N-methyl/N-ethyl adjacent to an activating group) is 1. The van der Waals surface area contributed by atoms with Crippen LogP contribution in [-0.4, -0.2) is 55.6 Å². The van der Waals surface area contributed by atoms with Crippen molar-refractivity contribution >= 4 is 24.3 Å². The van der Waals surface area contributed by atoms with Gasteiger partial charge in [0.25, 0.3) is 0 Å². The monoisotopic (exact) mass is 278 g/mol. The van der Waals surface area contributed by atoms with E-state index in [9.17, 15) is 9.59 Å². The van der Waals surface area contributed by atoms with Crippen LogP contribution in [0.25, 0.3) is 0 Å². The van der Waals surface area contributed by atoms with E-state index in [0.717, 1.165) is 19.5 Å². The lowest BCUT2D eigenvalue weighted by molar-refractivity contribution is -0.124. The van der Waals surface area contributed by atoms with Crippen LogP contribution in [-0.2, 0) is 4.79 Å². The third-order valence-corrected chi connectivity index (χ3v) is 3.13. The Labute approximate surface area is 114 Å². The normalized spacial score (nSPS) is 20.9. The number of carbonyl (C=O) groups is 2. The molecule has 6 nitrogen and oxygen atoms in total. The van der Waals surface area contributed by atoms with Gasteiger partial charge in [0, 0.05) is 25.7 Å². The molecule has 1 aliphatic rings. The Hall–Kier alpha value is -0.850. The van der Waals surface area contributed by atoms with E-state index in [1.807, 2.05) is 20.9 Å². The Balaban J connectivity index is 0.00000289. The molecule has 2 atom stereocenters. The van der Waals surface area contributed by atoms with Crippen molar-refractivity contribution in [1.29, 1.82) is 0 Å². The van der Waals surface area contributed by atoms with Crippen LogP contribution in [0.2, 0.25) is 0 Å². The topological polar surface area (TPSA) is 73.5 Å². The van der Waals surface area contributed by atoms with Gasteiger partial charge < -0.3 is 10.6 Å². The predicted molar refractivity (Wildman–Crippen MR) is 73.0 cm³/mol. The number of amides is 3. The summed E-state index contributed by atoms with van der Waals surface area (Å²) in [6.07, 6.45) is 1.04. The third-order valence-electron chi connectivity index (χ3n) is 3.13. The van der Waals surface area contributed by atoms with E-state index in [2.05, 4.69) is 20.9 Å². The second kappa shape index (κ2) is 8.29. The molecule has 2 unspecified atom stereocenters. The zero-order valence-electron chi connectivity index (χ0n) is 11.2. The molecule has 0 aromatic carbocycles. The van der Waals surface area contributed by atoms with Crippen molar-refractivity contribution in [1.82, 2.24) is 20.9 Å². The second-order valence-electron chi connectivity index (χ2n) is 4.29. The molecule has 18 heavy (non-hydrogen) atoms. The first-order valence-electron chi connectivity index (χ1n) is 6.08. The zero-order valence-corrected chi connectivity index (χ0v) is 12.0. The number of nitrogens with zero attached hydrogens (tertiary/aromatic N) is 1. The van der Waals surface area contributed by atoms with Gasteiger partial charge in [0.2, 0.25) is 5.91 Å². The number of rotatable bonds is 4. The fourth-order valence-electron chi connectivity index (χ4n) is 1.96. The second-order valence-corrected chi connectivity index (χ2v) is 4.29. The molecule has 0 spiro atoms. The lowest BCUT2D eigenvalue weighted by Crippen LogP contribution is -2.49. The highest BCUT2D eigenvalue weighted by molar-refractivity contribution is 5.96. The molecule has 0 aromatic rings. The first-order valence-corrected chi connectivity index (χ1v) is 6.08. The summed E-state index contributed by atoms with van der Waals surface area (Å²) in [5, 5.41) is 8.08. The largest absolute Gasteiger partial charge is 0.338 e. The summed E-state index contributed by atoms with van der Waals surface area (Å²) in [7, 11) is 1.92. The Bertz CT molecular complexity index is 288. The Morgan fingerprint density at radius 3 is 2.61 bits per heavy atom. The number of nitrogens with one attached hydrogen (secondary N) is 3. The molecule has 1 fully saturated rings. The van der Waals surface area contributed by atoms with Crippen LogP contribution in [0.3, 0.4) is 0 Å². The maximum Gasteiger partial charge on any atom is 0.321 e. The number of likely N-dealkylation sites (tertiary alicyclic amines) is 1. The maximum atomic E-state index is 11.8. The highest BCUT2D eigenvalue weighted by Crippen LogP contribution is 2.12. The first-order chi connectivity index (χ1) is 8.08. The fourth-order valence-corrected chi connectivity index (χ4v) is 1.96. The van der Waals surface area contributed by atoms with E-state index in [1.54, 1.807) is 0 Å². The van der Waals surface area contributed by atoms with Gasteiger partial charge in [-0.05, 0) is 27.3 Å². The minimum atomic E-state index is -0.422. The minimum absolute atomic E-state index is 0. The number of carbonyl (C=O) groups excluding carboxylic acids is 2. The molecule has 0 aromatic heterocycles. The molecule has 0 aliphatic carbocycles. The number of halogens is 1. The molecular weight excluding hydrogens is 256 g/mol. The summed E-state index contributed by atoms with van der Waals surface area (Å²) in [6, 6.07) is -0.251. The van der Waals surface area contributed by atoms with Gasteiger partial charge in [-0.25, -0.2) is 4.79 Å². The lowest BCUT2D eigenvalue weighted by Gasteiger charge is -2.23. The van der Waals surface area contributed by atoms with Crippen molar-refractivity contribution in [2.75, 3.05) is 26.7 Å². The van der Waals surface area contributed by atoms with E-state index < -0.39 is 6.03 Å². The molecule has 0 saturated carbocycles. The zero-order chi connectivity index (χ0) is 12.8. The number of urea groups is 1. The van der Waals surface area contributed by atoms with Crippen LogP contribution in [0.15, 0.2) is 0 Å². The summed E-state index contributed by atoms with van der Waals surface area (Å²) in [5.41, 5.74) is 0. The summed E-state index contributed by atoms with van der Waals surface area (Å²) in [4.78, 5) is 25.1. The van der Waals surface area contributed by atoms with Crippen molar-refractivity contribution in [3.63, 3.8) is 0 Å². The smallest absolute Gasteiger partial charge is 0.321 e. The van der Waals surface area contributed by atoms with E-state index in [4.69, 9.17) is 0 Å². The average Bonchev–Trinajstić information content (AvgIpc) is 2.76. The van der Waals surface area contributed by atoms with Gasteiger partial charge in [0.05, 0.1) is 6.04 Å². The van der Waals surface area contributed by atoms with Crippen molar-refractivity contribution in [3.05, 3.63) is 0 Å².